The summed E-state index contributed by atoms with van der Waals surface area (Å²) in [6.07, 6.45) is 2.16. The number of carbonyl (C=O) groups is 2. The van der Waals surface area contributed by atoms with Crippen LogP contribution in [0.15, 0.2) is 34.7 Å². The summed E-state index contributed by atoms with van der Waals surface area (Å²) in [5, 5.41) is 10.1. The molecule has 1 aromatic heterocycles. The maximum absolute atomic E-state index is 12.5. The predicted molar refractivity (Wildman–Crippen MR) is 72.5 cm³/mol. The van der Waals surface area contributed by atoms with Crippen LogP contribution in [0.4, 0.5) is 0 Å². The number of para-hydroxylation sites is 1. The van der Waals surface area contributed by atoms with Gasteiger partial charge in [0.25, 0.3) is 5.91 Å². The fourth-order valence-electron chi connectivity index (χ4n) is 2.66. The molecule has 3 rings (SSSR count). The summed E-state index contributed by atoms with van der Waals surface area (Å²) in [4.78, 5) is 25.1. The van der Waals surface area contributed by atoms with Gasteiger partial charge in [0.2, 0.25) is 0 Å². The number of hydrogen-bond acceptors (Lipinski definition) is 3. The van der Waals surface area contributed by atoms with Crippen molar-refractivity contribution < 1.29 is 19.1 Å². The number of amides is 1. The molecule has 1 aromatic carbocycles. The highest BCUT2D eigenvalue weighted by Gasteiger charge is 2.33. The molecular weight excluding hydrogens is 258 g/mol. The van der Waals surface area contributed by atoms with Crippen LogP contribution in [0.2, 0.25) is 0 Å². The van der Waals surface area contributed by atoms with Gasteiger partial charge in [-0.3, -0.25) is 4.79 Å². The van der Waals surface area contributed by atoms with Crippen LogP contribution in [-0.2, 0) is 4.79 Å². The number of rotatable bonds is 2. The minimum absolute atomic E-state index is 0.208. The summed E-state index contributed by atoms with van der Waals surface area (Å²) in [7, 11) is 0. The standard InChI is InChI=1S/C15H15NO4/c17-14(16-8-4-3-6-11(16)15(18)19)13-9-10-5-1-2-7-12(10)20-13/h1-2,5,7,9,11H,3-4,6,8H2,(H,18,19)/t11-/m1/s1. The topological polar surface area (TPSA) is 70.8 Å². The van der Waals surface area contributed by atoms with Crippen molar-refractivity contribution in [1.29, 1.82) is 0 Å². The number of hydrogen-bond donors (Lipinski definition) is 1. The van der Waals surface area contributed by atoms with Gasteiger partial charge in [0.1, 0.15) is 11.6 Å². The van der Waals surface area contributed by atoms with Crippen LogP contribution in [0, 0.1) is 0 Å². The minimum atomic E-state index is -0.950. The summed E-state index contributed by atoms with van der Waals surface area (Å²) in [5.41, 5.74) is 0.639. The largest absolute Gasteiger partial charge is 0.480 e. The van der Waals surface area contributed by atoms with E-state index in [1.54, 1.807) is 12.1 Å². The van der Waals surface area contributed by atoms with E-state index in [-0.39, 0.29) is 11.7 Å². The third kappa shape index (κ3) is 2.15. The predicted octanol–water partition coefficient (Wildman–Crippen LogP) is 2.51. The molecule has 1 amide bonds. The number of fused-ring (bicyclic) bond motifs is 1. The molecule has 1 saturated heterocycles. The second-order valence-electron chi connectivity index (χ2n) is 5.00. The molecule has 104 valence electrons. The van der Waals surface area contributed by atoms with Gasteiger partial charge >= 0.3 is 5.97 Å². The summed E-state index contributed by atoms with van der Waals surface area (Å²) >= 11 is 0. The molecule has 20 heavy (non-hydrogen) atoms. The molecule has 0 spiro atoms. The molecule has 1 atom stereocenters. The van der Waals surface area contributed by atoms with Crippen molar-refractivity contribution in [3.63, 3.8) is 0 Å². The van der Waals surface area contributed by atoms with Gasteiger partial charge in [-0.25, -0.2) is 4.79 Å². The summed E-state index contributed by atoms with van der Waals surface area (Å²) in [6, 6.07) is 8.28. The van der Waals surface area contributed by atoms with E-state index in [1.165, 1.54) is 4.90 Å². The smallest absolute Gasteiger partial charge is 0.326 e. The number of carboxylic acids is 1. The molecule has 0 saturated carbocycles. The van der Waals surface area contributed by atoms with E-state index in [0.717, 1.165) is 18.2 Å². The third-order valence-corrected chi connectivity index (χ3v) is 3.69. The Kier molecular flexibility index (Phi) is 3.18. The zero-order valence-electron chi connectivity index (χ0n) is 10.9. The number of carbonyl (C=O) groups excluding carboxylic acids is 1. The Hall–Kier alpha value is -2.30. The van der Waals surface area contributed by atoms with Gasteiger partial charge in [0, 0.05) is 11.9 Å². The first-order chi connectivity index (χ1) is 9.66. The molecule has 1 fully saturated rings. The van der Waals surface area contributed by atoms with E-state index >= 15 is 0 Å². The van der Waals surface area contributed by atoms with Crippen LogP contribution >= 0.6 is 0 Å². The van der Waals surface area contributed by atoms with Gasteiger partial charge in [-0.05, 0) is 31.4 Å². The van der Waals surface area contributed by atoms with E-state index < -0.39 is 12.0 Å². The lowest BCUT2D eigenvalue weighted by Crippen LogP contribution is -2.47. The number of piperidine rings is 1. The second-order valence-corrected chi connectivity index (χ2v) is 5.00. The normalized spacial score (nSPS) is 19.2. The molecule has 5 heteroatoms. The summed E-state index contributed by atoms with van der Waals surface area (Å²) < 4.78 is 5.53. The Morgan fingerprint density at radius 2 is 2.05 bits per heavy atom. The minimum Gasteiger partial charge on any atom is -0.480 e. The summed E-state index contributed by atoms with van der Waals surface area (Å²) in [6.45, 7) is 0.465. The van der Waals surface area contributed by atoms with Crippen molar-refractivity contribution >= 4 is 22.8 Å². The highest BCUT2D eigenvalue weighted by atomic mass is 16.4. The molecule has 2 aromatic rings. The molecule has 5 nitrogen and oxygen atoms in total. The van der Waals surface area contributed by atoms with E-state index in [1.807, 2.05) is 18.2 Å². The molecule has 1 N–H and O–H groups in total. The summed E-state index contributed by atoms with van der Waals surface area (Å²) in [5.74, 6) is -1.08. The lowest BCUT2D eigenvalue weighted by Gasteiger charge is -2.32. The van der Waals surface area contributed by atoms with E-state index in [4.69, 9.17) is 4.42 Å². The fourth-order valence-corrected chi connectivity index (χ4v) is 2.66. The van der Waals surface area contributed by atoms with Crippen LogP contribution in [0.5, 0.6) is 0 Å². The number of nitrogens with zero attached hydrogens (tertiary/aromatic N) is 1. The average molecular weight is 273 g/mol. The first-order valence-corrected chi connectivity index (χ1v) is 6.69. The first-order valence-electron chi connectivity index (χ1n) is 6.69. The fraction of sp³-hybridized carbons (Fsp3) is 0.333. The molecule has 1 aliphatic heterocycles. The van der Waals surface area contributed by atoms with Crippen molar-refractivity contribution in [1.82, 2.24) is 4.90 Å². The monoisotopic (exact) mass is 273 g/mol. The van der Waals surface area contributed by atoms with Gasteiger partial charge < -0.3 is 14.4 Å². The SMILES string of the molecule is O=C(O)[C@H]1CCCCN1C(=O)c1cc2ccccc2o1. The first kappa shape index (κ1) is 12.7. The molecule has 0 unspecified atom stereocenters. The molecule has 2 heterocycles. The van der Waals surface area contributed by atoms with Crippen molar-refractivity contribution in [3.8, 4) is 0 Å². The Morgan fingerprint density at radius 1 is 1.25 bits per heavy atom. The molecular formula is C15H15NO4. The number of carboxylic acid groups (broad SMARTS) is 1. The number of aliphatic carboxylic acids is 1. The van der Waals surface area contributed by atoms with Crippen LogP contribution in [0.25, 0.3) is 11.0 Å². The Bertz CT molecular complexity index is 628. The zero-order valence-corrected chi connectivity index (χ0v) is 10.9. The van der Waals surface area contributed by atoms with Crippen LogP contribution in [-0.4, -0.2) is 34.5 Å². The zero-order chi connectivity index (χ0) is 14.1. The molecule has 0 bridgehead atoms. The quantitative estimate of drug-likeness (QED) is 0.912. The van der Waals surface area contributed by atoms with E-state index in [2.05, 4.69) is 0 Å². The van der Waals surface area contributed by atoms with Gasteiger partial charge in [-0.15, -0.1) is 0 Å². The molecule has 0 radical (unpaired) electrons. The Balaban J connectivity index is 1.92. The van der Waals surface area contributed by atoms with Crippen LogP contribution in [0.1, 0.15) is 29.8 Å². The van der Waals surface area contributed by atoms with Crippen LogP contribution in [0.3, 0.4) is 0 Å². The Morgan fingerprint density at radius 3 is 2.80 bits per heavy atom. The van der Waals surface area contributed by atoms with Gasteiger partial charge in [-0.1, -0.05) is 18.2 Å². The van der Waals surface area contributed by atoms with E-state index in [0.29, 0.717) is 18.5 Å². The van der Waals surface area contributed by atoms with Gasteiger partial charge in [0.05, 0.1) is 0 Å². The molecule has 0 aliphatic carbocycles. The maximum Gasteiger partial charge on any atom is 0.326 e. The van der Waals surface area contributed by atoms with Crippen molar-refractivity contribution in [2.75, 3.05) is 6.54 Å². The highest BCUT2D eigenvalue weighted by Crippen LogP contribution is 2.24. The number of likely N-dealkylation sites (tertiary alicyclic amines) is 1. The highest BCUT2D eigenvalue weighted by molar-refractivity contribution is 5.98. The van der Waals surface area contributed by atoms with Gasteiger partial charge in [-0.2, -0.15) is 0 Å². The second kappa shape index (κ2) is 5.00. The number of furan rings is 1. The average Bonchev–Trinajstić information content (AvgIpc) is 2.90. The maximum atomic E-state index is 12.5. The van der Waals surface area contributed by atoms with E-state index in [9.17, 15) is 14.7 Å². The van der Waals surface area contributed by atoms with Gasteiger partial charge in [0.15, 0.2) is 5.76 Å². The number of benzene rings is 1. The van der Waals surface area contributed by atoms with Crippen LogP contribution < -0.4 is 0 Å². The van der Waals surface area contributed by atoms with Crippen molar-refractivity contribution in [3.05, 3.63) is 36.1 Å². The van der Waals surface area contributed by atoms with Crippen molar-refractivity contribution in [2.24, 2.45) is 0 Å². The lowest BCUT2D eigenvalue weighted by molar-refractivity contribution is -0.143. The molecule has 1 aliphatic rings. The lowest BCUT2D eigenvalue weighted by atomic mass is 10.0. The van der Waals surface area contributed by atoms with Crippen molar-refractivity contribution in [2.45, 2.75) is 25.3 Å². The third-order valence-electron chi connectivity index (χ3n) is 3.69. The Labute approximate surface area is 115 Å².